The van der Waals surface area contributed by atoms with E-state index < -0.39 is 11.8 Å². The topological polar surface area (TPSA) is 68.0 Å². The van der Waals surface area contributed by atoms with Crippen molar-refractivity contribution in [2.24, 2.45) is 0 Å². The van der Waals surface area contributed by atoms with Gasteiger partial charge in [0.25, 0.3) is 0 Å². The molecule has 5 nitrogen and oxygen atoms in total. The smallest absolute Gasteiger partial charge is 0.338 e. The summed E-state index contributed by atoms with van der Waals surface area (Å²) in [5.41, 5.74) is 1.85. The molecule has 1 heterocycles. The van der Waals surface area contributed by atoms with E-state index in [4.69, 9.17) is 5.11 Å². The average Bonchev–Trinajstić information content (AvgIpc) is 2.85. The van der Waals surface area contributed by atoms with E-state index in [0.29, 0.717) is 5.52 Å². The zero-order chi connectivity index (χ0) is 14.3. The number of halogens is 1. The summed E-state index contributed by atoms with van der Waals surface area (Å²) in [5.74, 6) is -1.53. The molecule has 0 spiro atoms. The molecule has 3 rings (SSSR count). The molecule has 0 radical (unpaired) electrons. The summed E-state index contributed by atoms with van der Waals surface area (Å²) in [6, 6.07) is 9.32. The summed E-state index contributed by atoms with van der Waals surface area (Å²) in [4.78, 5) is 11.1. The maximum absolute atomic E-state index is 13.9. The van der Waals surface area contributed by atoms with E-state index in [1.54, 1.807) is 24.3 Å². The minimum absolute atomic E-state index is 0.0433. The van der Waals surface area contributed by atoms with Crippen LogP contribution in [0.2, 0.25) is 0 Å². The molecular weight excluding hydrogens is 261 g/mol. The molecule has 100 valence electrons. The van der Waals surface area contributed by atoms with Crippen LogP contribution in [0.15, 0.2) is 36.4 Å². The minimum Gasteiger partial charge on any atom is -0.478 e. The molecule has 2 aromatic carbocycles. The first-order chi connectivity index (χ1) is 9.58. The Morgan fingerprint density at radius 3 is 2.85 bits per heavy atom. The fourth-order valence-electron chi connectivity index (χ4n) is 2.08. The highest BCUT2D eigenvalue weighted by molar-refractivity contribution is 6.00. The summed E-state index contributed by atoms with van der Waals surface area (Å²) in [5, 5.41) is 16.8. The monoisotopic (exact) mass is 271 g/mol. The molecule has 0 aliphatic rings. The zero-order valence-corrected chi connectivity index (χ0v) is 10.5. The number of nitrogens with zero attached hydrogens (tertiary/aromatic N) is 3. The molecule has 3 aromatic rings. The van der Waals surface area contributed by atoms with E-state index >= 15 is 0 Å². The van der Waals surface area contributed by atoms with Gasteiger partial charge in [-0.2, -0.15) is 0 Å². The molecule has 0 atom stereocenters. The number of rotatable bonds is 2. The summed E-state index contributed by atoms with van der Waals surface area (Å²) >= 11 is 0. The van der Waals surface area contributed by atoms with Crippen LogP contribution in [0.4, 0.5) is 4.39 Å². The van der Waals surface area contributed by atoms with E-state index in [-0.39, 0.29) is 16.8 Å². The Labute approximate surface area is 113 Å². The number of hydrogen-bond donors (Lipinski definition) is 1. The van der Waals surface area contributed by atoms with Crippen molar-refractivity contribution in [2.45, 2.75) is 6.92 Å². The summed E-state index contributed by atoms with van der Waals surface area (Å²) < 4.78 is 15.2. The van der Waals surface area contributed by atoms with E-state index in [2.05, 4.69) is 10.3 Å². The van der Waals surface area contributed by atoms with Gasteiger partial charge in [0.15, 0.2) is 0 Å². The van der Waals surface area contributed by atoms with Crippen molar-refractivity contribution >= 4 is 17.0 Å². The summed E-state index contributed by atoms with van der Waals surface area (Å²) in [6.45, 7) is 1.84. The molecule has 20 heavy (non-hydrogen) atoms. The number of fused-ring (bicyclic) bond motifs is 1. The van der Waals surface area contributed by atoms with Crippen molar-refractivity contribution in [2.75, 3.05) is 0 Å². The fraction of sp³-hybridized carbons (Fsp3) is 0.0714. The number of carboxylic acid groups (broad SMARTS) is 1. The maximum atomic E-state index is 13.9. The van der Waals surface area contributed by atoms with Crippen LogP contribution in [0, 0.1) is 12.7 Å². The lowest BCUT2D eigenvalue weighted by Crippen LogP contribution is -2.01. The second kappa shape index (κ2) is 4.41. The molecule has 0 amide bonds. The van der Waals surface area contributed by atoms with Crippen LogP contribution >= 0.6 is 0 Å². The van der Waals surface area contributed by atoms with Gasteiger partial charge in [0.05, 0.1) is 11.1 Å². The van der Waals surface area contributed by atoms with E-state index in [0.717, 1.165) is 5.56 Å². The number of carbonyl (C=O) groups is 1. The second-order valence-electron chi connectivity index (χ2n) is 4.43. The van der Waals surface area contributed by atoms with Gasteiger partial charge < -0.3 is 5.11 Å². The zero-order valence-electron chi connectivity index (χ0n) is 10.5. The number of aromatic carboxylic acids is 1. The molecule has 0 aliphatic carbocycles. The molecule has 0 aliphatic heterocycles. The first-order valence-corrected chi connectivity index (χ1v) is 5.92. The summed E-state index contributed by atoms with van der Waals surface area (Å²) in [7, 11) is 0. The van der Waals surface area contributed by atoms with Gasteiger partial charge in [-0.25, -0.2) is 13.9 Å². The number of benzene rings is 2. The third-order valence-corrected chi connectivity index (χ3v) is 3.04. The molecular formula is C14H10FN3O2. The van der Waals surface area contributed by atoms with Gasteiger partial charge >= 0.3 is 5.97 Å². The lowest BCUT2D eigenvalue weighted by Gasteiger charge is -2.05. The average molecular weight is 271 g/mol. The van der Waals surface area contributed by atoms with Gasteiger partial charge in [-0.15, -0.1) is 5.10 Å². The van der Waals surface area contributed by atoms with Crippen molar-refractivity contribution in [3.8, 4) is 5.69 Å². The number of hydrogen-bond acceptors (Lipinski definition) is 3. The Kier molecular flexibility index (Phi) is 2.71. The van der Waals surface area contributed by atoms with Gasteiger partial charge in [0.2, 0.25) is 0 Å². The maximum Gasteiger partial charge on any atom is 0.338 e. The quantitative estimate of drug-likeness (QED) is 0.777. The molecule has 0 bridgehead atoms. The number of aryl methyl sites for hydroxylation is 1. The van der Waals surface area contributed by atoms with Gasteiger partial charge in [0.1, 0.15) is 17.0 Å². The molecule has 0 fully saturated rings. The van der Waals surface area contributed by atoms with Gasteiger partial charge in [-0.3, -0.25) is 0 Å². The highest BCUT2D eigenvalue weighted by Crippen LogP contribution is 2.22. The van der Waals surface area contributed by atoms with Crippen molar-refractivity contribution < 1.29 is 14.3 Å². The standard InChI is InChI=1S/C14H10FN3O2/c1-8-5-6-10(15)12(7-8)18-11-4-2-3-9(14(19)20)13(11)16-17-18/h2-7H,1H3,(H,19,20). The molecule has 0 unspecified atom stereocenters. The molecule has 0 saturated heterocycles. The van der Waals surface area contributed by atoms with E-state index in [1.807, 2.05) is 6.92 Å². The molecule has 6 heteroatoms. The normalized spacial score (nSPS) is 10.9. The third-order valence-electron chi connectivity index (χ3n) is 3.04. The predicted octanol–water partition coefficient (Wildman–Crippen LogP) is 2.57. The first-order valence-electron chi connectivity index (χ1n) is 5.92. The Hall–Kier alpha value is -2.76. The van der Waals surface area contributed by atoms with Crippen LogP contribution in [0.1, 0.15) is 15.9 Å². The van der Waals surface area contributed by atoms with E-state index in [1.165, 1.54) is 16.8 Å². The minimum atomic E-state index is -1.09. The van der Waals surface area contributed by atoms with Crippen molar-refractivity contribution in [1.29, 1.82) is 0 Å². The van der Waals surface area contributed by atoms with Gasteiger partial charge in [-0.05, 0) is 36.8 Å². The second-order valence-corrected chi connectivity index (χ2v) is 4.43. The molecule has 1 N–H and O–H groups in total. The SMILES string of the molecule is Cc1ccc(F)c(-n2nnc3c(C(=O)O)cccc32)c1. The van der Waals surface area contributed by atoms with Crippen LogP contribution < -0.4 is 0 Å². The van der Waals surface area contributed by atoms with Crippen LogP contribution in [-0.2, 0) is 0 Å². The Morgan fingerprint density at radius 2 is 2.10 bits per heavy atom. The van der Waals surface area contributed by atoms with Crippen LogP contribution in [0.3, 0.4) is 0 Å². The van der Waals surface area contributed by atoms with Crippen LogP contribution in [0.25, 0.3) is 16.7 Å². The number of aromatic nitrogens is 3. The Balaban J connectivity index is 2.31. The predicted molar refractivity (Wildman–Crippen MR) is 70.5 cm³/mol. The lowest BCUT2D eigenvalue weighted by molar-refractivity contribution is 0.0699. The van der Waals surface area contributed by atoms with Crippen LogP contribution in [0.5, 0.6) is 0 Å². The number of carboxylic acids is 1. The summed E-state index contributed by atoms with van der Waals surface area (Å²) in [6.07, 6.45) is 0. The van der Waals surface area contributed by atoms with Crippen LogP contribution in [-0.4, -0.2) is 26.1 Å². The highest BCUT2D eigenvalue weighted by atomic mass is 19.1. The Morgan fingerprint density at radius 1 is 1.30 bits per heavy atom. The third kappa shape index (κ3) is 1.82. The lowest BCUT2D eigenvalue weighted by atomic mass is 10.1. The van der Waals surface area contributed by atoms with Crippen molar-refractivity contribution in [3.63, 3.8) is 0 Å². The molecule has 1 aromatic heterocycles. The van der Waals surface area contributed by atoms with Gasteiger partial charge in [0, 0.05) is 0 Å². The van der Waals surface area contributed by atoms with Crippen molar-refractivity contribution in [3.05, 3.63) is 53.3 Å². The van der Waals surface area contributed by atoms with Crippen molar-refractivity contribution in [1.82, 2.24) is 15.0 Å². The highest BCUT2D eigenvalue weighted by Gasteiger charge is 2.16. The van der Waals surface area contributed by atoms with Gasteiger partial charge in [-0.1, -0.05) is 17.3 Å². The molecule has 0 saturated carbocycles. The first kappa shape index (κ1) is 12.3. The fourth-order valence-corrected chi connectivity index (χ4v) is 2.08. The largest absolute Gasteiger partial charge is 0.478 e. The Bertz CT molecular complexity index is 826. The van der Waals surface area contributed by atoms with E-state index in [9.17, 15) is 9.18 Å².